The Morgan fingerprint density at radius 2 is 2.10 bits per heavy atom. The molecule has 1 aliphatic rings. The van der Waals surface area contributed by atoms with Crippen molar-refractivity contribution in [2.75, 3.05) is 5.75 Å². The molecule has 0 aromatic heterocycles. The van der Waals surface area contributed by atoms with Gasteiger partial charge in [-0.15, -0.1) is 0 Å². The van der Waals surface area contributed by atoms with Crippen LogP contribution in [0.15, 0.2) is 0 Å². The first-order valence-electron chi connectivity index (χ1n) is 3.96. The molecule has 2 heteroatoms. The van der Waals surface area contributed by atoms with Gasteiger partial charge in [-0.1, -0.05) is 6.92 Å². The van der Waals surface area contributed by atoms with Crippen LogP contribution in [-0.2, 0) is 4.79 Å². The van der Waals surface area contributed by atoms with Gasteiger partial charge >= 0.3 is 0 Å². The first kappa shape index (κ1) is 8.12. The van der Waals surface area contributed by atoms with Crippen molar-refractivity contribution >= 4 is 17.5 Å². The van der Waals surface area contributed by atoms with Crippen molar-refractivity contribution < 1.29 is 4.79 Å². The Morgan fingerprint density at radius 1 is 1.50 bits per heavy atom. The van der Waals surface area contributed by atoms with E-state index in [1.165, 1.54) is 5.75 Å². The fourth-order valence-electron chi connectivity index (χ4n) is 1.32. The molecule has 0 atom stereocenters. The predicted molar refractivity (Wildman–Crippen MR) is 45.4 cm³/mol. The van der Waals surface area contributed by atoms with Gasteiger partial charge in [0.05, 0.1) is 0 Å². The summed E-state index contributed by atoms with van der Waals surface area (Å²) in [5.41, 5.74) is 0. The Kier molecular flexibility index (Phi) is 3.26. The molecule has 1 fully saturated rings. The Balaban J connectivity index is 2.19. The van der Waals surface area contributed by atoms with Crippen LogP contribution in [0, 0.1) is 0 Å². The molecule has 0 N–H and O–H groups in total. The zero-order valence-electron chi connectivity index (χ0n) is 6.43. The highest BCUT2D eigenvalue weighted by molar-refractivity contribution is 7.99. The third-order valence-corrected chi connectivity index (χ3v) is 3.17. The largest absolute Gasteiger partial charge is 0.300 e. The van der Waals surface area contributed by atoms with E-state index in [0.29, 0.717) is 5.78 Å². The van der Waals surface area contributed by atoms with Crippen LogP contribution in [0.25, 0.3) is 0 Å². The fourth-order valence-corrected chi connectivity index (χ4v) is 2.36. The van der Waals surface area contributed by atoms with Crippen molar-refractivity contribution in [2.45, 2.75) is 37.9 Å². The third kappa shape index (κ3) is 2.33. The minimum Gasteiger partial charge on any atom is -0.300 e. The van der Waals surface area contributed by atoms with Crippen LogP contribution in [0.2, 0.25) is 0 Å². The van der Waals surface area contributed by atoms with E-state index in [-0.39, 0.29) is 0 Å². The SMILES string of the molecule is CCSC1CCC(=O)CC1. The highest BCUT2D eigenvalue weighted by atomic mass is 32.2. The maximum atomic E-state index is 10.8. The van der Waals surface area contributed by atoms with Crippen LogP contribution in [0.1, 0.15) is 32.6 Å². The van der Waals surface area contributed by atoms with E-state index in [0.717, 1.165) is 30.9 Å². The number of ketones is 1. The van der Waals surface area contributed by atoms with Gasteiger partial charge in [0.15, 0.2) is 0 Å². The first-order chi connectivity index (χ1) is 4.83. The van der Waals surface area contributed by atoms with Gasteiger partial charge < -0.3 is 0 Å². The molecule has 58 valence electrons. The van der Waals surface area contributed by atoms with Crippen LogP contribution >= 0.6 is 11.8 Å². The number of rotatable bonds is 2. The van der Waals surface area contributed by atoms with E-state index in [1.807, 2.05) is 11.8 Å². The molecule has 0 radical (unpaired) electrons. The molecule has 0 unspecified atom stereocenters. The summed E-state index contributed by atoms with van der Waals surface area (Å²) in [4.78, 5) is 10.8. The van der Waals surface area contributed by atoms with Crippen molar-refractivity contribution in [3.05, 3.63) is 0 Å². The first-order valence-corrected chi connectivity index (χ1v) is 5.01. The lowest BCUT2D eigenvalue weighted by molar-refractivity contribution is -0.120. The Morgan fingerprint density at radius 3 is 2.60 bits per heavy atom. The minimum atomic E-state index is 0.466. The molecule has 10 heavy (non-hydrogen) atoms. The average Bonchev–Trinajstić information content (AvgIpc) is 1.95. The quantitative estimate of drug-likeness (QED) is 0.613. The highest BCUT2D eigenvalue weighted by Crippen LogP contribution is 2.25. The molecular formula is C8H14OS. The van der Waals surface area contributed by atoms with Crippen LogP contribution in [0.4, 0.5) is 0 Å². The summed E-state index contributed by atoms with van der Waals surface area (Å²) in [5, 5.41) is 0.780. The molecule has 0 aliphatic heterocycles. The van der Waals surface area contributed by atoms with Gasteiger partial charge in [0, 0.05) is 18.1 Å². The van der Waals surface area contributed by atoms with Gasteiger partial charge in [-0.05, 0) is 18.6 Å². The van der Waals surface area contributed by atoms with Gasteiger partial charge in [-0.3, -0.25) is 4.79 Å². The van der Waals surface area contributed by atoms with Crippen molar-refractivity contribution in [2.24, 2.45) is 0 Å². The molecule has 1 rings (SSSR count). The van der Waals surface area contributed by atoms with E-state index in [2.05, 4.69) is 6.92 Å². The van der Waals surface area contributed by atoms with Crippen LogP contribution in [0.5, 0.6) is 0 Å². The van der Waals surface area contributed by atoms with Gasteiger partial charge in [0.1, 0.15) is 5.78 Å². The zero-order valence-corrected chi connectivity index (χ0v) is 7.25. The summed E-state index contributed by atoms with van der Waals surface area (Å²) >= 11 is 2.00. The molecule has 1 saturated carbocycles. The minimum absolute atomic E-state index is 0.466. The molecular weight excluding hydrogens is 144 g/mol. The molecule has 0 saturated heterocycles. The number of carbonyl (C=O) groups excluding carboxylic acids is 1. The summed E-state index contributed by atoms with van der Waals surface area (Å²) in [7, 11) is 0. The Hall–Kier alpha value is 0.0200. The summed E-state index contributed by atoms with van der Waals surface area (Å²) in [6.07, 6.45) is 3.91. The van der Waals surface area contributed by atoms with E-state index in [4.69, 9.17) is 0 Å². The van der Waals surface area contributed by atoms with Gasteiger partial charge in [-0.25, -0.2) is 0 Å². The number of hydrogen-bond donors (Lipinski definition) is 0. The second-order valence-electron chi connectivity index (χ2n) is 2.69. The smallest absolute Gasteiger partial charge is 0.132 e. The lowest BCUT2D eigenvalue weighted by Gasteiger charge is -2.19. The molecule has 0 heterocycles. The molecule has 1 aliphatic carbocycles. The number of thioether (sulfide) groups is 1. The fraction of sp³-hybridized carbons (Fsp3) is 0.875. The van der Waals surface area contributed by atoms with Gasteiger partial charge in [-0.2, -0.15) is 11.8 Å². The number of carbonyl (C=O) groups is 1. The molecule has 0 bridgehead atoms. The Bertz CT molecular complexity index is 112. The zero-order chi connectivity index (χ0) is 7.40. The molecule has 1 nitrogen and oxygen atoms in total. The highest BCUT2D eigenvalue weighted by Gasteiger charge is 2.17. The van der Waals surface area contributed by atoms with E-state index in [9.17, 15) is 4.79 Å². The summed E-state index contributed by atoms with van der Waals surface area (Å²) in [6.45, 7) is 2.18. The van der Waals surface area contributed by atoms with E-state index >= 15 is 0 Å². The molecule has 0 spiro atoms. The molecule has 0 aromatic rings. The van der Waals surface area contributed by atoms with Gasteiger partial charge in [0.25, 0.3) is 0 Å². The van der Waals surface area contributed by atoms with Crippen molar-refractivity contribution in [3.8, 4) is 0 Å². The second-order valence-corrected chi connectivity index (χ2v) is 4.27. The summed E-state index contributed by atoms with van der Waals surface area (Å²) < 4.78 is 0. The summed E-state index contributed by atoms with van der Waals surface area (Å²) in [5.74, 6) is 1.66. The molecule has 0 aromatic carbocycles. The van der Waals surface area contributed by atoms with Crippen molar-refractivity contribution in [3.63, 3.8) is 0 Å². The lowest BCUT2D eigenvalue weighted by atomic mass is 9.99. The standard InChI is InChI=1S/C8H14OS/c1-2-10-8-5-3-7(9)4-6-8/h8H,2-6H2,1H3. The van der Waals surface area contributed by atoms with Gasteiger partial charge in [0.2, 0.25) is 0 Å². The Labute approximate surface area is 66.6 Å². The van der Waals surface area contributed by atoms with Crippen LogP contribution < -0.4 is 0 Å². The average molecular weight is 158 g/mol. The maximum Gasteiger partial charge on any atom is 0.132 e. The monoisotopic (exact) mass is 158 g/mol. The van der Waals surface area contributed by atoms with Crippen LogP contribution in [0.3, 0.4) is 0 Å². The normalized spacial score (nSPS) is 21.5. The van der Waals surface area contributed by atoms with E-state index < -0.39 is 0 Å². The van der Waals surface area contributed by atoms with Crippen LogP contribution in [-0.4, -0.2) is 16.8 Å². The predicted octanol–water partition coefficient (Wildman–Crippen LogP) is 2.25. The molecule has 0 amide bonds. The lowest BCUT2D eigenvalue weighted by Crippen LogP contribution is -2.15. The van der Waals surface area contributed by atoms with Crippen molar-refractivity contribution in [1.29, 1.82) is 0 Å². The number of Topliss-reactive ketones (excluding diaryl/α,β-unsaturated/α-hetero) is 1. The topological polar surface area (TPSA) is 17.1 Å². The third-order valence-electron chi connectivity index (χ3n) is 1.89. The second kappa shape index (κ2) is 4.02. The maximum absolute atomic E-state index is 10.8. The van der Waals surface area contributed by atoms with Crippen molar-refractivity contribution in [1.82, 2.24) is 0 Å². The number of hydrogen-bond acceptors (Lipinski definition) is 2. The van der Waals surface area contributed by atoms with E-state index in [1.54, 1.807) is 0 Å². The summed E-state index contributed by atoms with van der Waals surface area (Å²) in [6, 6.07) is 0.